The maximum absolute atomic E-state index is 12.4. The van der Waals surface area contributed by atoms with Crippen LogP contribution in [0.1, 0.15) is 44.9 Å². The quantitative estimate of drug-likeness (QED) is 0.781. The van der Waals surface area contributed by atoms with Crippen LogP contribution in [0.2, 0.25) is 0 Å². The zero-order valence-electron chi connectivity index (χ0n) is 15.1. The summed E-state index contributed by atoms with van der Waals surface area (Å²) in [6, 6.07) is 0.0170. The molecule has 1 aliphatic carbocycles. The molecule has 25 heavy (non-hydrogen) atoms. The highest BCUT2D eigenvalue weighted by Gasteiger charge is 2.21. The second-order valence-corrected chi connectivity index (χ2v) is 7.41. The highest BCUT2D eigenvalue weighted by molar-refractivity contribution is 7.09. The van der Waals surface area contributed by atoms with E-state index in [1.807, 2.05) is 4.90 Å². The Morgan fingerprint density at radius 1 is 1.24 bits per heavy atom. The normalized spacial score (nSPS) is 19.2. The molecule has 2 amide bonds. The van der Waals surface area contributed by atoms with Crippen molar-refractivity contribution in [3.8, 4) is 0 Å². The van der Waals surface area contributed by atoms with E-state index in [1.165, 1.54) is 37.2 Å². The Morgan fingerprint density at radius 3 is 2.84 bits per heavy atom. The molecule has 0 bridgehead atoms. The number of hydrogen-bond acceptors (Lipinski definition) is 6. The molecule has 0 atom stereocenters. The number of rotatable bonds is 6. The molecule has 1 aromatic rings. The smallest absolute Gasteiger partial charge is 0.317 e. The standard InChI is InChI=1S/C17H29N5O2S/c1-2-15-19-17(25-20-15)22-10-5-9-21(11-12-22)16(23)18-8-13-24-14-6-3-4-7-14/h14H,2-13H2,1H3,(H,18,23). The Hall–Kier alpha value is -1.41. The van der Waals surface area contributed by atoms with Crippen LogP contribution in [0.25, 0.3) is 0 Å². The summed E-state index contributed by atoms with van der Waals surface area (Å²) < 4.78 is 10.2. The fraction of sp³-hybridized carbons (Fsp3) is 0.824. The van der Waals surface area contributed by atoms with Gasteiger partial charge in [0.25, 0.3) is 0 Å². The Kier molecular flexibility index (Phi) is 6.86. The second-order valence-electron chi connectivity index (χ2n) is 6.68. The number of carbonyl (C=O) groups is 1. The Balaban J connectivity index is 1.38. The van der Waals surface area contributed by atoms with Gasteiger partial charge in [-0.05, 0) is 19.3 Å². The minimum absolute atomic E-state index is 0.0170. The third kappa shape index (κ3) is 5.28. The van der Waals surface area contributed by atoms with Crippen molar-refractivity contribution < 1.29 is 9.53 Å². The third-order valence-corrected chi connectivity index (χ3v) is 5.68. The van der Waals surface area contributed by atoms with E-state index < -0.39 is 0 Å². The van der Waals surface area contributed by atoms with Crippen LogP contribution in [-0.4, -0.2) is 65.7 Å². The van der Waals surface area contributed by atoms with Crippen molar-refractivity contribution in [1.29, 1.82) is 0 Å². The van der Waals surface area contributed by atoms with Crippen molar-refractivity contribution in [2.45, 2.75) is 51.6 Å². The molecular weight excluding hydrogens is 338 g/mol. The van der Waals surface area contributed by atoms with E-state index in [0.29, 0.717) is 19.3 Å². The number of ether oxygens (including phenoxy) is 1. The van der Waals surface area contributed by atoms with Gasteiger partial charge in [-0.15, -0.1) is 0 Å². The lowest BCUT2D eigenvalue weighted by Crippen LogP contribution is -2.43. The van der Waals surface area contributed by atoms with Crippen LogP contribution in [0.3, 0.4) is 0 Å². The van der Waals surface area contributed by atoms with Crippen LogP contribution in [0.5, 0.6) is 0 Å². The Bertz CT molecular complexity index is 547. The van der Waals surface area contributed by atoms with Crippen LogP contribution in [-0.2, 0) is 11.2 Å². The number of aryl methyl sites for hydroxylation is 1. The molecule has 8 heteroatoms. The van der Waals surface area contributed by atoms with E-state index in [0.717, 1.165) is 50.0 Å². The molecule has 2 fully saturated rings. The molecule has 2 heterocycles. The maximum atomic E-state index is 12.4. The number of aromatic nitrogens is 2. The summed E-state index contributed by atoms with van der Waals surface area (Å²) in [5, 5.41) is 3.97. The van der Waals surface area contributed by atoms with Gasteiger partial charge < -0.3 is 19.9 Å². The van der Waals surface area contributed by atoms with E-state index in [-0.39, 0.29) is 6.03 Å². The van der Waals surface area contributed by atoms with Gasteiger partial charge in [-0.25, -0.2) is 9.78 Å². The summed E-state index contributed by atoms with van der Waals surface area (Å²) in [6.07, 6.45) is 7.10. The molecule has 0 spiro atoms. The van der Waals surface area contributed by atoms with Gasteiger partial charge in [0.1, 0.15) is 5.82 Å². The first-order valence-corrected chi connectivity index (χ1v) is 10.3. The van der Waals surface area contributed by atoms with Gasteiger partial charge in [-0.3, -0.25) is 0 Å². The van der Waals surface area contributed by atoms with Gasteiger partial charge in [0.05, 0.1) is 12.7 Å². The van der Waals surface area contributed by atoms with Crippen molar-refractivity contribution in [2.24, 2.45) is 0 Å². The molecule has 0 unspecified atom stereocenters. The van der Waals surface area contributed by atoms with Gasteiger partial charge in [-0.2, -0.15) is 4.37 Å². The monoisotopic (exact) mass is 367 g/mol. The number of nitrogens with one attached hydrogen (secondary N) is 1. The highest BCUT2D eigenvalue weighted by Crippen LogP contribution is 2.21. The SMILES string of the molecule is CCc1nsc(N2CCCN(C(=O)NCCOC3CCCC3)CC2)n1. The molecule has 1 N–H and O–H groups in total. The Labute approximate surface area is 153 Å². The lowest BCUT2D eigenvalue weighted by atomic mass is 10.3. The minimum Gasteiger partial charge on any atom is -0.376 e. The molecular formula is C17H29N5O2S. The molecule has 1 saturated heterocycles. The molecule has 0 aromatic carbocycles. The largest absolute Gasteiger partial charge is 0.376 e. The molecule has 1 aliphatic heterocycles. The first kappa shape index (κ1) is 18.4. The predicted molar refractivity (Wildman–Crippen MR) is 99.3 cm³/mol. The zero-order valence-corrected chi connectivity index (χ0v) is 15.9. The van der Waals surface area contributed by atoms with Crippen LogP contribution in [0.15, 0.2) is 0 Å². The number of carbonyl (C=O) groups excluding carboxylic acids is 1. The lowest BCUT2D eigenvalue weighted by Gasteiger charge is -2.22. The van der Waals surface area contributed by atoms with E-state index >= 15 is 0 Å². The van der Waals surface area contributed by atoms with Gasteiger partial charge >= 0.3 is 6.03 Å². The van der Waals surface area contributed by atoms with E-state index in [2.05, 4.69) is 26.5 Å². The molecule has 7 nitrogen and oxygen atoms in total. The van der Waals surface area contributed by atoms with Gasteiger partial charge in [-0.1, -0.05) is 19.8 Å². The second kappa shape index (κ2) is 9.33. The van der Waals surface area contributed by atoms with Gasteiger partial charge in [0.15, 0.2) is 0 Å². The average molecular weight is 368 g/mol. The summed E-state index contributed by atoms with van der Waals surface area (Å²) in [5.41, 5.74) is 0. The van der Waals surface area contributed by atoms with Crippen molar-refractivity contribution in [1.82, 2.24) is 19.6 Å². The van der Waals surface area contributed by atoms with Crippen molar-refractivity contribution in [2.75, 3.05) is 44.2 Å². The van der Waals surface area contributed by atoms with Crippen LogP contribution in [0.4, 0.5) is 9.93 Å². The third-order valence-electron chi connectivity index (χ3n) is 4.86. The number of nitrogens with zero attached hydrogens (tertiary/aromatic N) is 4. The molecule has 140 valence electrons. The van der Waals surface area contributed by atoms with Crippen LogP contribution >= 0.6 is 11.5 Å². The van der Waals surface area contributed by atoms with Crippen molar-refractivity contribution in [3.05, 3.63) is 5.82 Å². The molecule has 1 saturated carbocycles. The molecule has 1 aromatic heterocycles. The summed E-state index contributed by atoms with van der Waals surface area (Å²) in [4.78, 5) is 21.1. The first-order valence-electron chi connectivity index (χ1n) is 9.48. The lowest BCUT2D eigenvalue weighted by molar-refractivity contribution is 0.0606. The fourth-order valence-corrected chi connectivity index (χ4v) is 4.18. The summed E-state index contributed by atoms with van der Waals surface area (Å²) >= 11 is 1.46. The first-order chi connectivity index (χ1) is 12.3. The summed E-state index contributed by atoms with van der Waals surface area (Å²) in [6.45, 7) is 6.50. The average Bonchev–Trinajstić information content (AvgIpc) is 3.26. The van der Waals surface area contributed by atoms with E-state index in [9.17, 15) is 4.79 Å². The van der Waals surface area contributed by atoms with Gasteiger partial charge in [0.2, 0.25) is 5.13 Å². The zero-order chi connectivity index (χ0) is 17.5. The summed E-state index contributed by atoms with van der Waals surface area (Å²) in [5.74, 6) is 0.904. The van der Waals surface area contributed by atoms with Crippen molar-refractivity contribution >= 4 is 22.7 Å². The topological polar surface area (TPSA) is 70.6 Å². The summed E-state index contributed by atoms with van der Waals surface area (Å²) in [7, 11) is 0. The van der Waals surface area contributed by atoms with Crippen LogP contribution < -0.4 is 10.2 Å². The number of urea groups is 1. The number of amides is 2. The molecule has 0 radical (unpaired) electrons. The Morgan fingerprint density at radius 2 is 2.08 bits per heavy atom. The van der Waals surface area contributed by atoms with E-state index in [4.69, 9.17) is 4.74 Å². The molecule has 3 rings (SSSR count). The van der Waals surface area contributed by atoms with Crippen molar-refractivity contribution in [3.63, 3.8) is 0 Å². The fourth-order valence-electron chi connectivity index (χ4n) is 3.38. The number of hydrogen-bond donors (Lipinski definition) is 1. The molecule has 2 aliphatic rings. The minimum atomic E-state index is 0.0170. The predicted octanol–water partition coefficient (Wildman–Crippen LogP) is 2.28. The van der Waals surface area contributed by atoms with E-state index in [1.54, 1.807) is 0 Å². The highest BCUT2D eigenvalue weighted by atomic mass is 32.1. The maximum Gasteiger partial charge on any atom is 0.317 e. The van der Waals surface area contributed by atoms with Gasteiger partial charge in [0, 0.05) is 50.7 Å². The van der Waals surface area contributed by atoms with Crippen LogP contribution in [0, 0.1) is 0 Å². The number of anilines is 1.